The van der Waals surface area contributed by atoms with Crippen LogP contribution >= 0.6 is 0 Å². The molecule has 1 aromatic carbocycles. The molecule has 0 aromatic heterocycles. The Morgan fingerprint density at radius 2 is 1.92 bits per heavy atom. The first kappa shape index (κ1) is 20.3. The summed E-state index contributed by atoms with van der Waals surface area (Å²) in [7, 11) is -2.43. The molecule has 2 rings (SSSR count). The van der Waals surface area contributed by atoms with Crippen LogP contribution in [-0.4, -0.2) is 62.6 Å². The Labute approximate surface area is 153 Å². The molecule has 1 aliphatic heterocycles. The lowest BCUT2D eigenvalue weighted by Gasteiger charge is -2.26. The number of sulfonamides is 1. The number of carbonyl (C=O) groups is 2. The summed E-state index contributed by atoms with van der Waals surface area (Å²) < 4.78 is 32.0. The van der Waals surface area contributed by atoms with Gasteiger partial charge in [-0.1, -0.05) is 12.5 Å². The fraction of sp³-hybridized carbons (Fsp3) is 0.529. The summed E-state index contributed by atoms with van der Waals surface area (Å²) >= 11 is 0. The molecule has 1 saturated heterocycles. The van der Waals surface area contributed by atoms with Gasteiger partial charge in [-0.15, -0.1) is 0 Å². The Morgan fingerprint density at radius 3 is 2.50 bits per heavy atom. The Balaban J connectivity index is 2.20. The third-order valence-electron chi connectivity index (χ3n) is 4.39. The zero-order valence-corrected chi connectivity index (χ0v) is 15.7. The number of hydrogen-bond donors (Lipinski definition) is 2. The highest BCUT2D eigenvalue weighted by Gasteiger charge is 2.28. The second kappa shape index (κ2) is 8.61. The number of nitrogens with one attached hydrogen (secondary N) is 1. The topological polar surface area (TPSA) is 113 Å². The number of carboxylic acid groups (broad SMARTS) is 1. The smallest absolute Gasteiger partial charge is 0.334 e. The quantitative estimate of drug-likeness (QED) is 0.725. The van der Waals surface area contributed by atoms with Gasteiger partial charge in [0.15, 0.2) is 6.10 Å². The largest absolute Gasteiger partial charge is 0.479 e. The molecule has 0 aliphatic carbocycles. The first-order chi connectivity index (χ1) is 12.3. The molecule has 2 N–H and O–H groups in total. The number of methoxy groups -OCH3 is 1. The van der Waals surface area contributed by atoms with Gasteiger partial charge in [-0.3, -0.25) is 4.79 Å². The van der Waals surface area contributed by atoms with Crippen LogP contribution in [0, 0.1) is 6.92 Å². The maximum Gasteiger partial charge on any atom is 0.334 e. The third-order valence-corrected chi connectivity index (χ3v) is 6.43. The molecule has 1 fully saturated rings. The second-order valence-corrected chi connectivity index (χ2v) is 8.12. The first-order valence-corrected chi connectivity index (χ1v) is 9.86. The van der Waals surface area contributed by atoms with Crippen molar-refractivity contribution >= 4 is 21.9 Å². The molecule has 0 spiro atoms. The molecule has 144 valence electrons. The number of aryl methyl sites for hydroxylation is 1. The minimum atomic E-state index is -3.66. The van der Waals surface area contributed by atoms with Crippen LogP contribution in [0.5, 0.6) is 0 Å². The Kier molecular flexibility index (Phi) is 6.74. The molecule has 1 atom stereocenters. The van der Waals surface area contributed by atoms with Crippen molar-refractivity contribution in [2.75, 3.05) is 26.7 Å². The molecule has 8 nitrogen and oxygen atoms in total. The van der Waals surface area contributed by atoms with Gasteiger partial charge in [-0.2, -0.15) is 4.31 Å². The average Bonchev–Trinajstić information content (AvgIpc) is 2.62. The maximum atomic E-state index is 12.9. The molecule has 0 radical (unpaired) electrons. The predicted octanol–water partition coefficient (Wildman–Crippen LogP) is 0.999. The van der Waals surface area contributed by atoms with Gasteiger partial charge in [0.1, 0.15) is 0 Å². The number of amides is 1. The van der Waals surface area contributed by atoms with Crippen molar-refractivity contribution in [3.8, 4) is 0 Å². The van der Waals surface area contributed by atoms with Gasteiger partial charge < -0.3 is 15.2 Å². The van der Waals surface area contributed by atoms with Gasteiger partial charge in [0, 0.05) is 25.8 Å². The molecule has 26 heavy (non-hydrogen) atoms. The molecule has 1 aromatic rings. The van der Waals surface area contributed by atoms with E-state index in [0.29, 0.717) is 18.7 Å². The summed E-state index contributed by atoms with van der Waals surface area (Å²) in [6, 6.07) is 4.44. The lowest BCUT2D eigenvalue weighted by atomic mass is 10.1. The first-order valence-electron chi connectivity index (χ1n) is 8.42. The van der Waals surface area contributed by atoms with Crippen molar-refractivity contribution in [1.29, 1.82) is 0 Å². The van der Waals surface area contributed by atoms with Gasteiger partial charge in [0.2, 0.25) is 10.0 Å². The molecule has 1 aliphatic rings. The van der Waals surface area contributed by atoms with Crippen molar-refractivity contribution < 1.29 is 27.9 Å². The summed E-state index contributed by atoms with van der Waals surface area (Å²) in [5, 5.41) is 11.4. The zero-order valence-electron chi connectivity index (χ0n) is 14.9. The highest BCUT2D eigenvalue weighted by atomic mass is 32.2. The summed E-state index contributed by atoms with van der Waals surface area (Å²) in [6.07, 6.45) is 1.50. The van der Waals surface area contributed by atoms with Crippen LogP contribution in [-0.2, 0) is 19.6 Å². The van der Waals surface area contributed by atoms with Crippen molar-refractivity contribution in [3.05, 3.63) is 29.3 Å². The van der Waals surface area contributed by atoms with E-state index in [1.807, 2.05) is 0 Å². The van der Waals surface area contributed by atoms with E-state index in [1.165, 1.54) is 23.5 Å². The van der Waals surface area contributed by atoms with Crippen LogP contribution in [0.15, 0.2) is 23.1 Å². The Morgan fingerprint density at radius 1 is 1.27 bits per heavy atom. The highest BCUT2D eigenvalue weighted by Crippen LogP contribution is 2.24. The van der Waals surface area contributed by atoms with Crippen LogP contribution in [0.2, 0.25) is 0 Å². The van der Waals surface area contributed by atoms with Gasteiger partial charge in [0.05, 0.1) is 11.4 Å². The predicted molar refractivity (Wildman–Crippen MR) is 94.6 cm³/mol. The van der Waals surface area contributed by atoms with E-state index in [2.05, 4.69) is 5.32 Å². The minimum Gasteiger partial charge on any atom is -0.479 e. The fourth-order valence-electron chi connectivity index (χ4n) is 2.82. The van der Waals surface area contributed by atoms with Crippen molar-refractivity contribution in [2.24, 2.45) is 0 Å². The van der Waals surface area contributed by atoms with Gasteiger partial charge in [-0.25, -0.2) is 13.2 Å². The Hall–Kier alpha value is -1.97. The van der Waals surface area contributed by atoms with Crippen LogP contribution in [0.1, 0.15) is 35.2 Å². The van der Waals surface area contributed by atoms with E-state index < -0.39 is 28.0 Å². The van der Waals surface area contributed by atoms with E-state index in [4.69, 9.17) is 9.84 Å². The van der Waals surface area contributed by atoms with Gasteiger partial charge in [0.25, 0.3) is 5.91 Å². The van der Waals surface area contributed by atoms with Gasteiger partial charge >= 0.3 is 5.97 Å². The number of rotatable bonds is 7. The fourth-order valence-corrected chi connectivity index (χ4v) is 4.59. The van der Waals surface area contributed by atoms with Crippen molar-refractivity contribution in [1.82, 2.24) is 9.62 Å². The summed E-state index contributed by atoms with van der Waals surface area (Å²) in [5.74, 6) is -1.74. The number of hydrogen-bond acceptors (Lipinski definition) is 5. The third kappa shape index (κ3) is 4.60. The molecule has 1 unspecified atom stereocenters. The summed E-state index contributed by atoms with van der Waals surface area (Å²) in [5.41, 5.74) is 0.721. The molecule has 1 heterocycles. The number of carbonyl (C=O) groups excluding carboxylic acids is 1. The monoisotopic (exact) mass is 384 g/mol. The zero-order chi connectivity index (χ0) is 19.3. The summed E-state index contributed by atoms with van der Waals surface area (Å²) in [6.45, 7) is 2.43. The van der Waals surface area contributed by atoms with E-state index in [-0.39, 0.29) is 17.0 Å². The second-order valence-electron chi connectivity index (χ2n) is 6.22. The lowest BCUT2D eigenvalue weighted by molar-refractivity contribution is -0.148. The molecule has 0 saturated carbocycles. The molecular weight excluding hydrogens is 360 g/mol. The van der Waals surface area contributed by atoms with Crippen LogP contribution in [0.3, 0.4) is 0 Å². The van der Waals surface area contributed by atoms with Gasteiger partial charge in [-0.05, 0) is 37.5 Å². The van der Waals surface area contributed by atoms with E-state index >= 15 is 0 Å². The molecule has 0 bridgehead atoms. The number of ether oxygens (including phenoxy) is 1. The molecule has 1 amide bonds. The molecule has 9 heteroatoms. The number of benzene rings is 1. The summed E-state index contributed by atoms with van der Waals surface area (Å²) in [4.78, 5) is 23.3. The number of piperidine rings is 1. The number of carboxylic acids is 1. The Bertz CT molecular complexity index is 771. The normalized spacial score (nSPS) is 16.8. The highest BCUT2D eigenvalue weighted by molar-refractivity contribution is 7.89. The van der Waals surface area contributed by atoms with Crippen molar-refractivity contribution in [3.63, 3.8) is 0 Å². The number of nitrogens with zero attached hydrogens (tertiary/aromatic N) is 1. The van der Waals surface area contributed by atoms with E-state index in [1.54, 1.807) is 13.0 Å². The maximum absolute atomic E-state index is 12.9. The van der Waals surface area contributed by atoms with Crippen LogP contribution < -0.4 is 5.32 Å². The van der Waals surface area contributed by atoms with E-state index in [9.17, 15) is 18.0 Å². The standard InChI is InChI=1S/C17H24N2O6S/c1-12-6-7-13(16(20)18-11-14(25-2)17(21)22)10-15(12)26(23,24)19-8-4-3-5-9-19/h6-7,10,14H,3-5,8-9,11H2,1-2H3,(H,18,20)(H,21,22). The number of aliphatic carboxylic acids is 1. The minimum absolute atomic E-state index is 0.105. The molecular formula is C17H24N2O6S. The SMILES string of the molecule is COC(CNC(=O)c1ccc(C)c(S(=O)(=O)N2CCCCC2)c1)C(=O)O. The van der Waals surface area contributed by atoms with Crippen LogP contribution in [0.25, 0.3) is 0 Å². The average molecular weight is 384 g/mol. The van der Waals surface area contributed by atoms with Crippen LogP contribution in [0.4, 0.5) is 0 Å². The van der Waals surface area contributed by atoms with E-state index in [0.717, 1.165) is 19.3 Å². The lowest BCUT2D eigenvalue weighted by Crippen LogP contribution is -2.38. The van der Waals surface area contributed by atoms with Crippen molar-refractivity contribution in [2.45, 2.75) is 37.2 Å².